The molecule has 2 N–H and O–H groups in total. The van der Waals surface area contributed by atoms with E-state index in [9.17, 15) is 19.2 Å². The summed E-state index contributed by atoms with van der Waals surface area (Å²) in [5, 5.41) is 11.9. The number of hydrogen-bond acceptors (Lipinski definition) is 13. The summed E-state index contributed by atoms with van der Waals surface area (Å²) in [5.74, 6) is 0.540. The van der Waals surface area contributed by atoms with Gasteiger partial charge in [0.15, 0.2) is 10.8 Å². The van der Waals surface area contributed by atoms with Crippen LogP contribution >= 0.6 is 11.3 Å². The van der Waals surface area contributed by atoms with Crippen LogP contribution in [0.3, 0.4) is 0 Å². The first-order valence-corrected chi connectivity index (χ1v) is 29.1. The Morgan fingerprint density at radius 3 is 2.34 bits per heavy atom. The van der Waals surface area contributed by atoms with Gasteiger partial charge < -0.3 is 19.3 Å². The van der Waals surface area contributed by atoms with E-state index >= 15 is 0 Å². The summed E-state index contributed by atoms with van der Waals surface area (Å²) >= 11 is 1.45. The maximum Gasteiger partial charge on any atom is 0.358 e. The molecule has 0 bridgehead atoms. The highest BCUT2D eigenvalue weighted by Crippen LogP contribution is 2.40. The third-order valence-electron chi connectivity index (χ3n) is 16.8. The number of esters is 1. The molecule has 7 aromatic rings. The average Bonchev–Trinajstić information content (AvgIpc) is 4.16. The number of fused-ring (bicyclic) bond motifs is 3. The second-order valence-corrected chi connectivity index (χ2v) is 24.7. The number of imide groups is 1. The topological polar surface area (TPSA) is 164 Å². The lowest BCUT2D eigenvalue weighted by Crippen LogP contribution is -2.54. The van der Waals surface area contributed by atoms with E-state index in [1.54, 1.807) is 0 Å². The molecule has 15 nitrogen and oxygen atoms in total. The van der Waals surface area contributed by atoms with Crippen molar-refractivity contribution in [1.82, 2.24) is 30.0 Å². The Morgan fingerprint density at radius 2 is 1.57 bits per heavy atom. The minimum atomic E-state index is -0.735. The Bertz CT molecular complexity index is 3420. The van der Waals surface area contributed by atoms with Crippen LogP contribution in [0, 0.1) is 12.8 Å². The number of rotatable bonds is 14. The molecule has 6 heterocycles. The van der Waals surface area contributed by atoms with Crippen molar-refractivity contribution in [3.63, 3.8) is 0 Å². The minimum Gasteiger partial charge on any atom is -0.490 e. The lowest BCUT2D eigenvalue weighted by atomic mass is 9.82. The van der Waals surface area contributed by atoms with Gasteiger partial charge in [0, 0.05) is 74.8 Å². The zero-order valence-electron chi connectivity index (χ0n) is 46.7. The molecule has 0 radical (unpaired) electrons. The standard InChI is InChI=1S/C63H73N9O6S/c1-39-43(44-27-29-53(65-56(44)60(76)78-62(2,3)4)71-33-31-41-15-10-17-45(48(41)38-71)58(74)67-61-64-49-19-8-9-22-52(49)79-61)16-12-21-51(39)77-42-25-23-40(24-26-42)14-13-32-63(5,6)72-36-34-70(35-37-72)50-20-11-18-46-55(68-69(7)57(46)50)47-28-30-54(73)66-59(47)75/h8-12,15-22,27,29,40,42,47H,13-14,23-26,28,30-38H2,1-7H3,(H,64,67,74)(H,66,73,75). The number of ether oxygens (including phenoxy) is 2. The van der Waals surface area contributed by atoms with Crippen molar-refractivity contribution in [3.8, 4) is 16.9 Å². The number of piperidine rings is 1. The number of benzene rings is 4. The highest BCUT2D eigenvalue weighted by Gasteiger charge is 2.35. The molecular weight excluding hydrogens is 1010 g/mol. The summed E-state index contributed by atoms with van der Waals surface area (Å²) in [5.41, 5.74) is 8.52. The van der Waals surface area contributed by atoms with E-state index in [4.69, 9.17) is 19.6 Å². The molecule has 2 saturated heterocycles. The number of pyridine rings is 1. The Morgan fingerprint density at radius 1 is 0.797 bits per heavy atom. The number of piperazine rings is 1. The van der Waals surface area contributed by atoms with Gasteiger partial charge in [-0.15, -0.1) is 0 Å². The summed E-state index contributed by atoms with van der Waals surface area (Å²) in [4.78, 5) is 69.6. The number of aromatic nitrogens is 4. The van der Waals surface area contributed by atoms with Crippen molar-refractivity contribution in [3.05, 3.63) is 125 Å². The molecular formula is C63H73N9O6S. The van der Waals surface area contributed by atoms with E-state index in [0.29, 0.717) is 60.3 Å². The summed E-state index contributed by atoms with van der Waals surface area (Å²) in [6, 6.07) is 30.0. The van der Waals surface area contributed by atoms with Gasteiger partial charge in [-0.05, 0) is 157 Å². The predicted molar refractivity (Wildman–Crippen MR) is 312 cm³/mol. The van der Waals surface area contributed by atoms with Gasteiger partial charge in [-0.25, -0.2) is 14.8 Å². The number of nitrogens with zero attached hydrogens (tertiary/aromatic N) is 7. The van der Waals surface area contributed by atoms with Gasteiger partial charge in [0.2, 0.25) is 11.8 Å². The second kappa shape index (κ2) is 22.2. The molecule has 4 aliphatic rings. The third kappa shape index (κ3) is 11.5. The number of carbonyl (C=O) groups is 4. The van der Waals surface area contributed by atoms with Crippen LogP contribution in [0.5, 0.6) is 5.75 Å². The molecule has 3 aliphatic heterocycles. The van der Waals surface area contributed by atoms with Crippen molar-refractivity contribution in [2.24, 2.45) is 13.0 Å². The van der Waals surface area contributed by atoms with E-state index in [1.807, 2.05) is 99.2 Å². The largest absolute Gasteiger partial charge is 0.490 e. The van der Waals surface area contributed by atoms with Gasteiger partial charge in [-0.3, -0.25) is 34.6 Å². The van der Waals surface area contributed by atoms with E-state index in [2.05, 4.69) is 75.4 Å². The molecule has 11 rings (SSSR count). The number of nitrogens with one attached hydrogen (secondary N) is 2. The van der Waals surface area contributed by atoms with Crippen LogP contribution in [0.4, 0.5) is 16.6 Å². The quantitative estimate of drug-likeness (QED) is 0.0784. The van der Waals surface area contributed by atoms with Gasteiger partial charge in [-0.1, -0.05) is 72.7 Å². The lowest BCUT2D eigenvalue weighted by molar-refractivity contribution is -0.134. The third-order valence-corrected chi connectivity index (χ3v) is 17.8. The maximum absolute atomic E-state index is 14.2. The molecule has 0 spiro atoms. The van der Waals surface area contributed by atoms with Crippen molar-refractivity contribution in [2.45, 2.75) is 135 Å². The van der Waals surface area contributed by atoms with Crippen LogP contribution in [-0.4, -0.2) is 98.3 Å². The molecule has 3 fully saturated rings. The van der Waals surface area contributed by atoms with E-state index < -0.39 is 17.5 Å². The van der Waals surface area contributed by atoms with Crippen molar-refractivity contribution >= 4 is 72.8 Å². The number of thiazole rings is 1. The second-order valence-electron chi connectivity index (χ2n) is 23.7. The Hall–Kier alpha value is -7.17. The van der Waals surface area contributed by atoms with Crippen LogP contribution in [0.2, 0.25) is 0 Å². The molecule has 3 amide bonds. The smallest absolute Gasteiger partial charge is 0.358 e. The van der Waals surface area contributed by atoms with E-state index in [-0.39, 0.29) is 35.1 Å². The van der Waals surface area contributed by atoms with Crippen LogP contribution in [0.25, 0.3) is 32.2 Å². The predicted octanol–water partition coefficient (Wildman–Crippen LogP) is 11.6. The van der Waals surface area contributed by atoms with Crippen LogP contribution in [0.1, 0.15) is 142 Å². The van der Waals surface area contributed by atoms with Crippen LogP contribution in [0.15, 0.2) is 91.0 Å². The number of amides is 3. The van der Waals surface area contributed by atoms with Gasteiger partial charge in [-0.2, -0.15) is 5.10 Å². The Kier molecular flexibility index (Phi) is 15.1. The van der Waals surface area contributed by atoms with Gasteiger partial charge in [0.05, 0.1) is 39.1 Å². The first-order valence-electron chi connectivity index (χ1n) is 28.3. The molecule has 1 unspecified atom stereocenters. The molecule has 4 aromatic carbocycles. The zero-order chi connectivity index (χ0) is 55.2. The minimum absolute atomic E-state index is 0.0776. The molecule has 1 atom stereocenters. The van der Waals surface area contributed by atoms with Crippen molar-refractivity contribution in [1.29, 1.82) is 0 Å². The number of carbonyl (C=O) groups excluding carboxylic acids is 4. The first kappa shape index (κ1) is 53.8. The summed E-state index contributed by atoms with van der Waals surface area (Å²) in [6.07, 6.45) is 9.45. The molecule has 1 aliphatic carbocycles. The van der Waals surface area contributed by atoms with Crippen LogP contribution < -0.4 is 25.2 Å². The zero-order valence-corrected chi connectivity index (χ0v) is 47.5. The lowest BCUT2D eigenvalue weighted by Gasteiger charge is -2.45. The molecule has 79 heavy (non-hydrogen) atoms. The Labute approximate surface area is 467 Å². The summed E-state index contributed by atoms with van der Waals surface area (Å²) < 4.78 is 15.8. The van der Waals surface area contributed by atoms with E-state index in [0.717, 1.165) is 119 Å². The maximum atomic E-state index is 14.2. The number of anilines is 3. The molecule has 3 aromatic heterocycles. The summed E-state index contributed by atoms with van der Waals surface area (Å²) in [7, 11) is 1.95. The normalized spacial score (nSPS) is 19.4. The van der Waals surface area contributed by atoms with Gasteiger partial charge >= 0.3 is 5.97 Å². The molecule has 412 valence electrons. The first-order chi connectivity index (χ1) is 38.0. The van der Waals surface area contributed by atoms with E-state index in [1.165, 1.54) is 24.2 Å². The fourth-order valence-electron chi connectivity index (χ4n) is 12.5. The van der Waals surface area contributed by atoms with Crippen molar-refractivity contribution < 1.29 is 28.7 Å². The SMILES string of the molecule is Cc1c(OC2CCC(CCCC(C)(C)N3CCN(c4cccc5c(C6CCC(=O)NC6=O)nn(C)c45)CC3)CC2)cccc1-c1ccc(N2CCc3cccc(C(=O)Nc4nc5ccccc5s4)c3C2)nc1C(=O)OC(C)(C)C. The molecule has 1 saturated carbocycles. The molecule has 16 heteroatoms. The van der Waals surface area contributed by atoms with Crippen molar-refractivity contribution in [2.75, 3.05) is 47.8 Å². The summed E-state index contributed by atoms with van der Waals surface area (Å²) in [6.45, 7) is 17.4. The average molecular weight is 1080 g/mol. The fraction of sp³-hybridized carbons (Fsp3) is 0.444. The number of hydrogen-bond donors (Lipinski definition) is 2. The van der Waals surface area contributed by atoms with Gasteiger partial charge in [0.1, 0.15) is 17.2 Å². The highest BCUT2D eigenvalue weighted by atomic mass is 32.1. The highest BCUT2D eigenvalue weighted by molar-refractivity contribution is 7.22. The monoisotopic (exact) mass is 1080 g/mol. The number of para-hydroxylation sites is 2. The Balaban J connectivity index is 0.698. The number of aryl methyl sites for hydroxylation is 1. The van der Waals surface area contributed by atoms with Crippen LogP contribution in [-0.2, 0) is 34.3 Å². The fourth-order valence-corrected chi connectivity index (χ4v) is 13.4. The van der Waals surface area contributed by atoms with Gasteiger partial charge in [0.25, 0.3) is 5.91 Å².